The summed E-state index contributed by atoms with van der Waals surface area (Å²) >= 11 is 1.22. The maximum absolute atomic E-state index is 13.1. The number of hydrogen-bond acceptors (Lipinski definition) is 6. The molecule has 128 valence electrons. The zero-order valence-electron chi connectivity index (χ0n) is 13.3. The molecule has 3 heterocycles. The molecule has 0 unspecified atom stereocenters. The molecule has 1 amide bonds. The summed E-state index contributed by atoms with van der Waals surface area (Å²) in [5.41, 5.74) is -0.199. The van der Waals surface area contributed by atoms with Gasteiger partial charge >= 0.3 is 0 Å². The van der Waals surface area contributed by atoms with Crippen LogP contribution in [0.2, 0.25) is 0 Å². The maximum Gasteiger partial charge on any atom is 0.273 e. The van der Waals surface area contributed by atoms with E-state index < -0.39 is 17.2 Å². The van der Waals surface area contributed by atoms with Crippen LogP contribution in [-0.4, -0.2) is 25.5 Å². The van der Waals surface area contributed by atoms with E-state index >= 15 is 0 Å². The Morgan fingerprint density at radius 3 is 2.62 bits per heavy atom. The molecule has 26 heavy (non-hydrogen) atoms. The number of fused-ring (bicyclic) bond motifs is 1. The van der Waals surface area contributed by atoms with Crippen molar-refractivity contribution in [2.75, 3.05) is 5.32 Å². The van der Waals surface area contributed by atoms with E-state index in [0.29, 0.717) is 16.2 Å². The van der Waals surface area contributed by atoms with Gasteiger partial charge in [-0.3, -0.25) is 19.5 Å². The van der Waals surface area contributed by atoms with Gasteiger partial charge in [0.2, 0.25) is 0 Å². The number of nitrogens with one attached hydrogen (secondary N) is 1. The number of carbonyl (C=O) groups is 1. The second-order valence-corrected chi connectivity index (χ2v) is 6.26. The number of nitrogens with zero attached hydrogens (tertiary/aromatic N) is 3. The SMILES string of the molecule is O=C(Nc1nccs1)c1c(O)c2cccnc2n(-c2ccccc2)c1=O. The fourth-order valence-electron chi connectivity index (χ4n) is 2.67. The topological polar surface area (TPSA) is 97.1 Å². The molecule has 0 aliphatic rings. The van der Waals surface area contributed by atoms with Gasteiger partial charge in [-0.1, -0.05) is 18.2 Å². The van der Waals surface area contributed by atoms with E-state index in [-0.39, 0.29) is 11.2 Å². The lowest BCUT2D eigenvalue weighted by Crippen LogP contribution is -2.29. The lowest BCUT2D eigenvalue weighted by Gasteiger charge is -2.13. The zero-order valence-corrected chi connectivity index (χ0v) is 14.1. The molecule has 0 spiro atoms. The summed E-state index contributed by atoms with van der Waals surface area (Å²) in [7, 11) is 0. The molecule has 4 aromatic rings. The van der Waals surface area contributed by atoms with Crippen molar-refractivity contribution in [3.05, 3.63) is 76.2 Å². The van der Waals surface area contributed by atoms with Gasteiger partial charge < -0.3 is 5.11 Å². The molecule has 2 N–H and O–H groups in total. The summed E-state index contributed by atoms with van der Waals surface area (Å²) in [5.74, 6) is -1.13. The molecule has 3 aromatic heterocycles. The number of anilines is 1. The Morgan fingerprint density at radius 2 is 1.88 bits per heavy atom. The third-order valence-corrected chi connectivity index (χ3v) is 4.49. The van der Waals surface area contributed by atoms with Gasteiger partial charge in [0.1, 0.15) is 11.3 Å². The van der Waals surface area contributed by atoms with Crippen molar-refractivity contribution in [2.24, 2.45) is 0 Å². The van der Waals surface area contributed by atoms with E-state index in [4.69, 9.17) is 0 Å². The fourth-order valence-corrected chi connectivity index (χ4v) is 3.19. The van der Waals surface area contributed by atoms with Crippen LogP contribution in [0.15, 0.2) is 65.0 Å². The second kappa shape index (κ2) is 6.41. The van der Waals surface area contributed by atoms with Gasteiger partial charge in [-0.15, -0.1) is 11.3 Å². The van der Waals surface area contributed by atoms with E-state index in [9.17, 15) is 14.7 Å². The van der Waals surface area contributed by atoms with Crippen LogP contribution in [0.25, 0.3) is 16.7 Å². The predicted molar refractivity (Wildman–Crippen MR) is 99.1 cm³/mol. The number of pyridine rings is 2. The van der Waals surface area contributed by atoms with Crippen LogP contribution in [-0.2, 0) is 0 Å². The summed E-state index contributed by atoms with van der Waals surface area (Å²) in [4.78, 5) is 33.9. The van der Waals surface area contributed by atoms with Crippen LogP contribution in [0.4, 0.5) is 5.13 Å². The number of para-hydroxylation sites is 1. The molecule has 0 saturated carbocycles. The van der Waals surface area contributed by atoms with Gasteiger partial charge in [-0.2, -0.15) is 0 Å². The lowest BCUT2D eigenvalue weighted by molar-refractivity contribution is 0.102. The molecule has 0 aliphatic heterocycles. The summed E-state index contributed by atoms with van der Waals surface area (Å²) < 4.78 is 1.31. The fraction of sp³-hybridized carbons (Fsp3) is 0. The molecule has 8 heteroatoms. The molecule has 0 fully saturated rings. The van der Waals surface area contributed by atoms with Crippen LogP contribution in [0, 0.1) is 0 Å². The third kappa shape index (κ3) is 2.62. The first kappa shape index (κ1) is 16.0. The van der Waals surface area contributed by atoms with Gasteiger partial charge in [-0.25, -0.2) is 9.97 Å². The van der Waals surface area contributed by atoms with E-state index in [0.717, 1.165) is 0 Å². The molecule has 1 aromatic carbocycles. The molecule has 0 bridgehead atoms. The largest absolute Gasteiger partial charge is 0.506 e. The number of aromatic hydroxyl groups is 1. The molecular formula is C18H12N4O3S. The minimum Gasteiger partial charge on any atom is -0.506 e. The van der Waals surface area contributed by atoms with E-state index in [2.05, 4.69) is 15.3 Å². The Labute approximate surface area is 151 Å². The van der Waals surface area contributed by atoms with Crippen molar-refractivity contribution in [3.63, 3.8) is 0 Å². The highest BCUT2D eigenvalue weighted by Crippen LogP contribution is 2.27. The number of rotatable bonds is 3. The maximum atomic E-state index is 13.1. The van der Waals surface area contributed by atoms with E-state index in [1.807, 2.05) is 6.07 Å². The molecule has 4 rings (SSSR count). The Kier molecular flexibility index (Phi) is 3.94. The molecule has 0 aliphatic carbocycles. The van der Waals surface area contributed by atoms with Crippen LogP contribution in [0.5, 0.6) is 5.75 Å². The molecule has 0 radical (unpaired) electrons. The van der Waals surface area contributed by atoms with Crippen molar-refractivity contribution in [1.82, 2.24) is 14.5 Å². The Hall–Kier alpha value is -3.52. The third-order valence-electron chi connectivity index (χ3n) is 3.80. The monoisotopic (exact) mass is 364 g/mol. The normalized spacial score (nSPS) is 10.8. The Balaban J connectivity index is 1.99. The molecule has 7 nitrogen and oxygen atoms in total. The number of aromatic nitrogens is 3. The van der Waals surface area contributed by atoms with Crippen LogP contribution in [0.3, 0.4) is 0 Å². The smallest absolute Gasteiger partial charge is 0.273 e. The highest BCUT2D eigenvalue weighted by Gasteiger charge is 2.24. The average molecular weight is 364 g/mol. The van der Waals surface area contributed by atoms with Crippen molar-refractivity contribution < 1.29 is 9.90 Å². The first-order valence-corrected chi connectivity index (χ1v) is 8.54. The summed E-state index contributed by atoms with van der Waals surface area (Å²) in [6, 6.07) is 12.1. The quantitative estimate of drug-likeness (QED) is 0.583. The van der Waals surface area contributed by atoms with Crippen LogP contribution in [0.1, 0.15) is 10.4 Å². The minimum absolute atomic E-state index is 0.270. The summed E-state index contributed by atoms with van der Waals surface area (Å²) in [5, 5.41) is 15.4. The number of hydrogen-bond donors (Lipinski definition) is 2. The lowest BCUT2D eigenvalue weighted by atomic mass is 10.1. The number of carbonyl (C=O) groups excluding carboxylic acids is 1. The van der Waals surface area contributed by atoms with Crippen molar-refractivity contribution in [3.8, 4) is 11.4 Å². The Bertz CT molecular complexity index is 1150. The van der Waals surface area contributed by atoms with E-state index in [1.54, 1.807) is 41.8 Å². The highest BCUT2D eigenvalue weighted by molar-refractivity contribution is 7.13. The summed E-state index contributed by atoms with van der Waals surface area (Å²) in [6.45, 7) is 0. The second-order valence-electron chi connectivity index (χ2n) is 5.37. The van der Waals surface area contributed by atoms with Gasteiger partial charge in [-0.05, 0) is 24.3 Å². The molecule has 0 saturated heterocycles. The van der Waals surface area contributed by atoms with Crippen LogP contribution >= 0.6 is 11.3 Å². The first-order chi connectivity index (χ1) is 12.7. The zero-order chi connectivity index (χ0) is 18.1. The Morgan fingerprint density at radius 1 is 1.08 bits per heavy atom. The standard InChI is InChI=1S/C18H12N4O3S/c23-14-12-7-4-8-19-15(12)22(11-5-2-1-3-6-11)17(25)13(14)16(24)21-18-20-9-10-26-18/h1-10,23H,(H,20,21,24). The van der Waals surface area contributed by atoms with Crippen LogP contribution < -0.4 is 10.9 Å². The minimum atomic E-state index is -0.724. The molecular weight excluding hydrogens is 352 g/mol. The number of thiazole rings is 1. The highest BCUT2D eigenvalue weighted by atomic mass is 32.1. The predicted octanol–water partition coefficient (Wildman–Crippen LogP) is 2.80. The number of amides is 1. The van der Waals surface area contributed by atoms with Crippen molar-refractivity contribution in [1.29, 1.82) is 0 Å². The first-order valence-electron chi connectivity index (χ1n) is 7.66. The van der Waals surface area contributed by atoms with Gasteiger partial charge in [0.05, 0.1) is 11.1 Å². The average Bonchev–Trinajstić information content (AvgIpc) is 3.16. The molecule has 0 atom stereocenters. The van der Waals surface area contributed by atoms with Gasteiger partial charge in [0.25, 0.3) is 11.5 Å². The summed E-state index contributed by atoms with van der Waals surface area (Å²) in [6.07, 6.45) is 3.06. The van der Waals surface area contributed by atoms with E-state index in [1.165, 1.54) is 28.3 Å². The van der Waals surface area contributed by atoms with Crippen molar-refractivity contribution in [2.45, 2.75) is 0 Å². The number of benzene rings is 1. The van der Waals surface area contributed by atoms with Gasteiger partial charge in [0, 0.05) is 17.8 Å². The van der Waals surface area contributed by atoms with Crippen molar-refractivity contribution >= 4 is 33.4 Å². The van der Waals surface area contributed by atoms with Gasteiger partial charge in [0.15, 0.2) is 10.8 Å².